The van der Waals surface area contributed by atoms with E-state index in [4.69, 9.17) is 4.52 Å². The average Bonchev–Trinajstić information content (AvgIpc) is 2.36. The minimum absolute atomic E-state index is 0.0734. The molecule has 1 aromatic carbocycles. The van der Waals surface area contributed by atoms with E-state index in [0.717, 1.165) is 12.3 Å². The van der Waals surface area contributed by atoms with E-state index in [1.165, 1.54) is 12.1 Å². The van der Waals surface area contributed by atoms with E-state index in [0.29, 0.717) is 0 Å². The van der Waals surface area contributed by atoms with Crippen molar-refractivity contribution < 1.29 is 22.4 Å². The molecule has 0 saturated heterocycles. The summed E-state index contributed by atoms with van der Waals surface area (Å²) in [5.41, 5.74) is -0.251. The normalized spacial score (nSPS) is 14.4. The van der Waals surface area contributed by atoms with Crippen LogP contribution in [0.4, 0.5) is 11.4 Å². The number of nitrogens with one attached hydrogen (secondary N) is 1. The second-order valence-corrected chi connectivity index (χ2v) is 8.71. The molecule has 0 saturated carbocycles. The van der Waals surface area contributed by atoms with E-state index < -0.39 is 22.3 Å². The van der Waals surface area contributed by atoms with Gasteiger partial charge in [-0.1, -0.05) is 6.92 Å². The molecule has 8 nitrogen and oxygen atoms in total. The van der Waals surface area contributed by atoms with E-state index in [1.54, 1.807) is 13.8 Å². The number of hydrogen-bond donors (Lipinski definition) is 1. The molecule has 1 unspecified atom stereocenters. The Labute approximate surface area is 123 Å². The molecule has 0 aliphatic rings. The molecule has 1 rings (SSSR count). The lowest BCUT2D eigenvalue weighted by molar-refractivity contribution is -0.383. The Morgan fingerprint density at radius 1 is 1.38 bits per heavy atom. The van der Waals surface area contributed by atoms with Gasteiger partial charge in [0.2, 0.25) is 17.4 Å². The van der Waals surface area contributed by atoms with Crippen LogP contribution in [0.25, 0.3) is 0 Å². The Balaban J connectivity index is 3.47. The fourth-order valence-electron chi connectivity index (χ4n) is 1.77. The zero-order chi connectivity index (χ0) is 16.3. The first-order valence-electron chi connectivity index (χ1n) is 6.13. The van der Waals surface area contributed by atoms with Crippen molar-refractivity contribution in [2.75, 3.05) is 23.7 Å². The molecule has 0 amide bonds. The van der Waals surface area contributed by atoms with E-state index in [2.05, 4.69) is 4.72 Å². The zero-order valence-corrected chi connectivity index (χ0v) is 13.6. The van der Waals surface area contributed by atoms with Crippen LogP contribution in [0.3, 0.4) is 0 Å². The Morgan fingerprint density at radius 2 is 2.00 bits per heavy atom. The number of hydrogen-bond acceptors (Lipinski definition) is 6. The van der Waals surface area contributed by atoms with Gasteiger partial charge in [0.25, 0.3) is 5.69 Å². The Bertz CT molecular complexity index is 688. The summed E-state index contributed by atoms with van der Waals surface area (Å²) in [6.45, 7) is 3.36. The minimum Gasteiger partial charge on any atom is -0.325 e. The number of rotatable bonds is 7. The van der Waals surface area contributed by atoms with Crippen LogP contribution in [0, 0.1) is 10.1 Å². The van der Waals surface area contributed by atoms with E-state index in [9.17, 15) is 23.1 Å². The molecule has 1 atom stereocenters. The first-order chi connectivity index (χ1) is 9.63. The van der Waals surface area contributed by atoms with Crippen molar-refractivity contribution in [1.29, 1.82) is 0 Å². The molecule has 21 heavy (non-hydrogen) atoms. The first kappa shape index (κ1) is 17.6. The van der Waals surface area contributed by atoms with Crippen molar-refractivity contribution in [2.45, 2.75) is 13.8 Å². The number of nitrogens with zero attached hydrogens (tertiary/aromatic N) is 1. The van der Waals surface area contributed by atoms with E-state index in [1.807, 2.05) is 0 Å². The molecular weight excluding hydrogens is 319 g/mol. The lowest BCUT2D eigenvalue weighted by Gasteiger charge is -2.17. The molecule has 118 valence electrons. The molecule has 0 bridgehead atoms. The van der Waals surface area contributed by atoms with Gasteiger partial charge < -0.3 is 4.52 Å². The van der Waals surface area contributed by atoms with Crippen LogP contribution >= 0.6 is 7.37 Å². The summed E-state index contributed by atoms with van der Waals surface area (Å²) in [4.78, 5) is 10.4. The molecule has 0 fully saturated rings. The second kappa shape index (κ2) is 6.55. The SMILES string of the molecule is CCOP(=O)(CC)c1cc(NS(C)(=O)=O)ccc1[N+](=O)[O-]. The molecule has 0 aromatic heterocycles. The van der Waals surface area contributed by atoms with Crippen LogP contribution in [0.15, 0.2) is 18.2 Å². The Morgan fingerprint density at radius 3 is 2.43 bits per heavy atom. The maximum absolute atomic E-state index is 12.7. The molecule has 1 N–H and O–H groups in total. The van der Waals surface area contributed by atoms with Crippen LogP contribution in [-0.2, 0) is 19.1 Å². The number of anilines is 1. The summed E-state index contributed by atoms with van der Waals surface area (Å²) in [7, 11) is -6.95. The average molecular weight is 336 g/mol. The highest BCUT2D eigenvalue weighted by atomic mass is 32.2. The highest BCUT2D eigenvalue weighted by Gasteiger charge is 2.32. The van der Waals surface area contributed by atoms with Gasteiger partial charge in [0.05, 0.1) is 17.8 Å². The van der Waals surface area contributed by atoms with Crippen molar-refractivity contribution in [3.05, 3.63) is 28.3 Å². The number of sulfonamides is 1. The molecule has 0 radical (unpaired) electrons. The van der Waals surface area contributed by atoms with Gasteiger partial charge in [-0.25, -0.2) is 8.42 Å². The van der Waals surface area contributed by atoms with Crippen LogP contribution in [-0.4, -0.2) is 32.4 Å². The topological polar surface area (TPSA) is 116 Å². The quantitative estimate of drug-likeness (QED) is 0.462. The summed E-state index contributed by atoms with van der Waals surface area (Å²) in [5, 5.41) is 11.0. The summed E-state index contributed by atoms with van der Waals surface area (Å²) in [6.07, 6.45) is 1.03. The van der Waals surface area contributed by atoms with Crippen molar-refractivity contribution in [3.63, 3.8) is 0 Å². The van der Waals surface area contributed by atoms with Gasteiger partial charge in [-0.15, -0.1) is 0 Å². The molecule has 1 aromatic rings. The van der Waals surface area contributed by atoms with Gasteiger partial charge in [-0.2, -0.15) is 0 Å². The predicted molar refractivity (Wildman–Crippen MR) is 81.0 cm³/mol. The van der Waals surface area contributed by atoms with Gasteiger partial charge in [-0.3, -0.25) is 19.4 Å². The van der Waals surface area contributed by atoms with Crippen molar-refractivity contribution in [2.24, 2.45) is 0 Å². The standard InChI is InChI=1S/C11H17N2O6PS/c1-4-19-20(16,5-2)11-8-9(12-21(3,17)18)6-7-10(11)13(14)15/h6-8,12H,4-5H2,1-3H3. The van der Waals surface area contributed by atoms with Crippen LogP contribution < -0.4 is 10.0 Å². The molecule has 0 aliphatic carbocycles. The lowest BCUT2D eigenvalue weighted by Crippen LogP contribution is -2.17. The molecule has 0 aliphatic heterocycles. The zero-order valence-electron chi connectivity index (χ0n) is 11.9. The van der Waals surface area contributed by atoms with Crippen molar-refractivity contribution >= 4 is 34.1 Å². The third-order valence-corrected chi connectivity index (χ3v) is 5.80. The fourth-order valence-corrected chi connectivity index (χ4v) is 4.24. The highest BCUT2D eigenvalue weighted by molar-refractivity contribution is 7.92. The van der Waals surface area contributed by atoms with Gasteiger partial charge >= 0.3 is 0 Å². The van der Waals surface area contributed by atoms with Crippen LogP contribution in [0.5, 0.6) is 0 Å². The number of nitro groups is 1. The summed E-state index contributed by atoms with van der Waals surface area (Å²) in [6, 6.07) is 3.55. The first-order valence-corrected chi connectivity index (χ1v) is 9.83. The number of benzene rings is 1. The largest absolute Gasteiger partial charge is 0.325 e. The monoisotopic (exact) mass is 336 g/mol. The molecular formula is C11H17N2O6PS. The summed E-state index contributed by atoms with van der Waals surface area (Å²) in [5.74, 6) is 0. The smallest absolute Gasteiger partial charge is 0.282 e. The van der Waals surface area contributed by atoms with Gasteiger partial charge in [0, 0.05) is 17.9 Å². The van der Waals surface area contributed by atoms with Crippen molar-refractivity contribution in [3.8, 4) is 0 Å². The summed E-state index contributed by atoms with van der Waals surface area (Å²) < 4.78 is 42.6. The maximum Gasteiger partial charge on any atom is 0.282 e. The number of nitro benzene ring substituents is 1. The van der Waals surface area contributed by atoms with Crippen LogP contribution in [0.2, 0.25) is 0 Å². The molecule has 0 heterocycles. The van der Waals surface area contributed by atoms with Gasteiger partial charge in [-0.05, 0) is 19.1 Å². The van der Waals surface area contributed by atoms with Gasteiger partial charge in [0.1, 0.15) is 5.30 Å². The van der Waals surface area contributed by atoms with Gasteiger partial charge in [0.15, 0.2) is 0 Å². The Kier molecular flexibility index (Phi) is 5.49. The predicted octanol–water partition coefficient (Wildman–Crippen LogP) is 1.93. The third-order valence-electron chi connectivity index (χ3n) is 2.60. The molecule has 0 spiro atoms. The van der Waals surface area contributed by atoms with E-state index in [-0.39, 0.29) is 29.4 Å². The lowest BCUT2D eigenvalue weighted by atomic mass is 10.3. The van der Waals surface area contributed by atoms with Crippen LogP contribution in [0.1, 0.15) is 13.8 Å². The second-order valence-electron chi connectivity index (χ2n) is 4.24. The Hall–Kier alpha value is -1.44. The molecule has 10 heteroatoms. The van der Waals surface area contributed by atoms with Crippen molar-refractivity contribution in [1.82, 2.24) is 0 Å². The van der Waals surface area contributed by atoms with E-state index >= 15 is 0 Å². The minimum atomic E-state index is -3.54. The third kappa shape index (κ3) is 4.52. The highest BCUT2D eigenvalue weighted by Crippen LogP contribution is 2.48. The fraction of sp³-hybridized carbons (Fsp3) is 0.455. The maximum atomic E-state index is 12.7. The summed E-state index contributed by atoms with van der Waals surface area (Å²) >= 11 is 0.